The summed E-state index contributed by atoms with van der Waals surface area (Å²) in [6.07, 6.45) is 1.08. The summed E-state index contributed by atoms with van der Waals surface area (Å²) in [5.41, 5.74) is 0.899. The highest BCUT2D eigenvalue weighted by atomic mass is 79.9. The minimum absolute atomic E-state index is 0.0203. The largest absolute Gasteiger partial charge is 0.481 e. The van der Waals surface area contributed by atoms with Gasteiger partial charge in [0.1, 0.15) is 0 Å². The summed E-state index contributed by atoms with van der Waals surface area (Å²) in [5, 5.41) is 19.3. The van der Waals surface area contributed by atoms with Crippen molar-refractivity contribution in [3.63, 3.8) is 0 Å². The molecule has 1 aromatic carbocycles. The number of hydrogen-bond acceptors (Lipinski definition) is 3. The third-order valence-corrected chi connectivity index (χ3v) is 3.25. The maximum Gasteiger partial charge on any atom is 0.306 e. The molecule has 0 saturated carbocycles. The van der Waals surface area contributed by atoms with Gasteiger partial charge in [-0.25, -0.2) is 0 Å². The number of carbonyl (C=O) groups is 1. The maximum absolute atomic E-state index is 10.6. The van der Waals surface area contributed by atoms with Crippen molar-refractivity contribution >= 4 is 27.6 Å². The second-order valence-corrected chi connectivity index (χ2v) is 4.67. The van der Waals surface area contributed by atoms with Gasteiger partial charge in [0, 0.05) is 16.6 Å². The molecule has 6 heteroatoms. The van der Waals surface area contributed by atoms with E-state index in [9.17, 15) is 14.9 Å². The lowest BCUT2D eigenvalue weighted by atomic mass is 10.0. The van der Waals surface area contributed by atoms with Crippen molar-refractivity contribution < 1.29 is 14.8 Å². The van der Waals surface area contributed by atoms with Gasteiger partial charge in [0.15, 0.2) is 0 Å². The summed E-state index contributed by atoms with van der Waals surface area (Å²) >= 11 is 3.25. The highest BCUT2D eigenvalue weighted by Gasteiger charge is 2.13. The fourth-order valence-corrected chi connectivity index (χ4v) is 1.91. The Bertz CT molecular complexity index is 447. The molecule has 17 heavy (non-hydrogen) atoms. The molecular formula is C11H12BrNO4. The molecular weight excluding hydrogens is 290 g/mol. The molecule has 1 unspecified atom stereocenters. The van der Waals surface area contributed by atoms with E-state index in [-0.39, 0.29) is 5.69 Å². The van der Waals surface area contributed by atoms with Crippen LogP contribution >= 0.6 is 15.9 Å². The molecule has 0 fully saturated rings. The molecule has 5 nitrogen and oxygen atoms in total. The number of nitrogens with zero attached hydrogens (tertiary/aromatic N) is 1. The fourth-order valence-electron chi connectivity index (χ4n) is 1.35. The van der Waals surface area contributed by atoms with E-state index >= 15 is 0 Å². The highest BCUT2D eigenvalue weighted by Crippen LogP contribution is 2.24. The zero-order valence-electron chi connectivity index (χ0n) is 9.22. The number of rotatable bonds is 5. The minimum Gasteiger partial charge on any atom is -0.481 e. The van der Waals surface area contributed by atoms with Gasteiger partial charge in [-0.1, -0.05) is 28.9 Å². The van der Waals surface area contributed by atoms with Gasteiger partial charge in [0.05, 0.1) is 10.8 Å². The van der Waals surface area contributed by atoms with E-state index in [1.54, 1.807) is 13.0 Å². The topological polar surface area (TPSA) is 80.4 Å². The predicted octanol–water partition coefficient (Wildman–Crippen LogP) is 3.01. The Labute approximate surface area is 107 Å². The van der Waals surface area contributed by atoms with Crippen LogP contribution in [0.5, 0.6) is 0 Å². The quantitative estimate of drug-likeness (QED) is 0.669. The molecule has 1 atom stereocenters. The summed E-state index contributed by atoms with van der Waals surface area (Å²) in [6, 6.07) is 4.50. The first-order valence-corrected chi connectivity index (χ1v) is 5.86. The number of benzene rings is 1. The summed E-state index contributed by atoms with van der Waals surface area (Å²) in [4.78, 5) is 20.7. The van der Waals surface area contributed by atoms with Gasteiger partial charge in [0.25, 0.3) is 5.69 Å². The average molecular weight is 302 g/mol. The van der Waals surface area contributed by atoms with Crippen molar-refractivity contribution in [3.05, 3.63) is 38.3 Å². The molecule has 0 bridgehead atoms. The molecule has 0 aliphatic rings. The van der Waals surface area contributed by atoms with Gasteiger partial charge in [-0.05, 0) is 18.4 Å². The van der Waals surface area contributed by atoms with Crippen LogP contribution in [0.15, 0.2) is 22.7 Å². The lowest BCUT2D eigenvalue weighted by Gasteiger charge is -2.07. The van der Waals surface area contributed by atoms with E-state index in [1.165, 1.54) is 12.1 Å². The van der Waals surface area contributed by atoms with Crippen LogP contribution in [0.25, 0.3) is 0 Å². The first-order valence-electron chi connectivity index (χ1n) is 5.07. The first kappa shape index (κ1) is 13.6. The van der Waals surface area contributed by atoms with Crippen LogP contribution in [0, 0.1) is 16.0 Å². The van der Waals surface area contributed by atoms with E-state index < -0.39 is 16.8 Å². The lowest BCUT2D eigenvalue weighted by molar-refractivity contribution is -0.384. The SMILES string of the molecule is CC(CCc1ccc([N+](=O)[O-])cc1Br)C(=O)O. The third-order valence-electron chi connectivity index (χ3n) is 2.52. The second-order valence-electron chi connectivity index (χ2n) is 3.81. The van der Waals surface area contributed by atoms with Gasteiger partial charge in [-0.2, -0.15) is 0 Å². The molecule has 0 amide bonds. The van der Waals surface area contributed by atoms with Crippen molar-refractivity contribution in [1.82, 2.24) is 0 Å². The van der Waals surface area contributed by atoms with Crippen LogP contribution in [0.1, 0.15) is 18.9 Å². The van der Waals surface area contributed by atoms with Gasteiger partial charge in [0.2, 0.25) is 0 Å². The number of non-ortho nitro benzene ring substituents is 1. The van der Waals surface area contributed by atoms with E-state index in [4.69, 9.17) is 5.11 Å². The van der Waals surface area contributed by atoms with Crippen LogP contribution in [-0.4, -0.2) is 16.0 Å². The Balaban J connectivity index is 2.73. The van der Waals surface area contributed by atoms with Crippen LogP contribution < -0.4 is 0 Å². The summed E-state index contributed by atoms with van der Waals surface area (Å²) in [5.74, 6) is -1.25. The normalized spacial score (nSPS) is 12.1. The Morgan fingerprint density at radius 2 is 2.24 bits per heavy atom. The van der Waals surface area contributed by atoms with Crippen molar-refractivity contribution in [2.75, 3.05) is 0 Å². The molecule has 0 saturated heterocycles. The fraction of sp³-hybridized carbons (Fsp3) is 0.364. The van der Waals surface area contributed by atoms with Crippen molar-refractivity contribution in [2.24, 2.45) is 5.92 Å². The van der Waals surface area contributed by atoms with Crippen molar-refractivity contribution in [1.29, 1.82) is 0 Å². The average Bonchev–Trinajstić information content (AvgIpc) is 2.26. The zero-order chi connectivity index (χ0) is 13.0. The van der Waals surface area contributed by atoms with E-state index in [0.29, 0.717) is 17.3 Å². The number of nitro groups is 1. The number of aliphatic carboxylic acids is 1. The van der Waals surface area contributed by atoms with E-state index in [1.807, 2.05) is 0 Å². The maximum atomic E-state index is 10.6. The number of halogens is 1. The van der Waals surface area contributed by atoms with Crippen LogP contribution in [0.4, 0.5) is 5.69 Å². The van der Waals surface area contributed by atoms with Crippen LogP contribution in [0.2, 0.25) is 0 Å². The monoisotopic (exact) mass is 301 g/mol. The molecule has 1 N–H and O–H groups in total. The molecule has 1 aromatic rings. The molecule has 0 heterocycles. The molecule has 0 spiro atoms. The summed E-state index contributed by atoms with van der Waals surface area (Å²) < 4.78 is 0.643. The van der Waals surface area contributed by atoms with Crippen molar-refractivity contribution in [2.45, 2.75) is 19.8 Å². The summed E-state index contributed by atoms with van der Waals surface area (Å²) in [6.45, 7) is 1.64. The van der Waals surface area contributed by atoms with Gasteiger partial charge in [-0.3, -0.25) is 14.9 Å². The molecule has 1 rings (SSSR count). The third kappa shape index (κ3) is 3.81. The Morgan fingerprint density at radius 3 is 2.71 bits per heavy atom. The summed E-state index contributed by atoms with van der Waals surface area (Å²) in [7, 11) is 0. The van der Waals surface area contributed by atoms with Crippen LogP contribution in [0.3, 0.4) is 0 Å². The Morgan fingerprint density at radius 1 is 1.59 bits per heavy atom. The second kappa shape index (κ2) is 5.77. The van der Waals surface area contributed by atoms with Crippen LogP contribution in [-0.2, 0) is 11.2 Å². The Kier molecular flexibility index (Phi) is 4.62. The molecule has 92 valence electrons. The highest BCUT2D eigenvalue weighted by molar-refractivity contribution is 9.10. The smallest absolute Gasteiger partial charge is 0.306 e. The van der Waals surface area contributed by atoms with Gasteiger partial charge >= 0.3 is 5.97 Å². The lowest BCUT2D eigenvalue weighted by Crippen LogP contribution is -2.10. The van der Waals surface area contributed by atoms with Gasteiger partial charge in [-0.15, -0.1) is 0 Å². The van der Waals surface area contributed by atoms with Gasteiger partial charge < -0.3 is 5.11 Å². The predicted molar refractivity (Wildman–Crippen MR) is 65.9 cm³/mol. The molecule has 0 aliphatic carbocycles. The minimum atomic E-state index is -0.831. The number of carboxylic acid groups (broad SMARTS) is 1. The number of hydrogen-bond donors (Lipinski definition) is 1. The zero-order valence-corrected chi connectivity index (χ0v) is 10.8. The standard InChI is InChI=1S/C11H12BrNO4/c1-7(11(14)15)2-3-8-4-5-9(13(16)17)6-10(8)12/h4-7H,2-3H2,1H3,(H,14,15). The van der Waals surface area contributed by atoms with Crippen molar-refractivity contribution in [3.8, 4) is 0 Å². The molecule has 0 aromatic heterocycles. The Hall–Kier alpha value is -1.43. The number of carboxylic acids is 1. The van der Waals surface area contributed by atoms with E-state index in [2.05, 4.69) is 15.9 Å². The molecule has 0 aliphatic heterocycles. The number of aryl methyl sites for hydroxylation is 1. The first-order chi connectivity index (χ1) is 7.91. The number of nitro benzene ring substituents is 1. The van der Waals surface area contributed by atoms with E-state index in [0.717, 1.165) is 5.56 Å². The molecule has 0 radical (unpaired) electrons.